The topological polar surface area (TPSA) is 57.7 Å². The fraction of sp³-hybridized carbons (Fsp3) is 0.500. The average Bonchev–Trinajstić information content (AvgIpc) is 3.00. The third-order valence-corrected chi connectivity index (χ3v) is 6.07. The highest BCUT2D eigenvalue weighted by Gasteiger charge is 2.37. The fourth-order valence-electron chi connectivity index (χ4n) is 3.02. The summed E-state index contributed by atoms with van der Waals surface area (Å²) >= 11 is 0. The van der Waals surface area contributed by atoms with Crippen LogP contribution in [0.3, 0.4) is 0 Å². The predicted molar refractivity (Wildman–Crippen MR) is 82.1 cm³/mol. The van der Waals surface area contributed by atoms with Gasteiger partial charge in [-0.25, -0.2) is 8.42 Å². The Morgan fingerprint density at radius 2 is 1.90 bits per heavy atom. The van der Waals surface area contributed by atoms with Gasteiger partial charge in [-0.2, -0.15) is 0 Å². The third-order valence-electron chi connectivity index (χ3n) is 4.20. The highest BCUT2D eigenvalue weighted by atomic mass is 35.7. The van der Waals surface area contributed by atoms with E-state index in [2.05, 4.69) is 17.0 Å². The number of benzene rings is 1. The lowest BCUT2D eigenvalue weighted by Gasteiger charge is -2.23. The van der Waals surface area contributed by atoms with Gasteiger partial charge in [0.1, 0.15) is 5.25 Å². The molecule has 1 unspecified atom stereocenters. The Morgan fingerprint density at radius 1 is 1.19 bits per heavy atom. The van der Waals surface area contributed by atoms with E-state index in [1.807, 2.05) is 12.1 Å². The Balaban J connectivity index is 1.61. The summed E-state index contributed by atoms with van der Waals surface area (Å²) in [6, 6.07) is 8.24. The first-order valence-electron chi connectivity index (χ1n) is 6.99. The van der Waals surface area contributed by atoms with E-state index in [4.69, 9.17) is 10.7 Å². The van der Waals surface area contributed by atoms with Crippen molar-refractivity contribution in [2.45, 2.75) is 18.1 Å². The molecular weight excluding hydrogens is 312 g/mol. The van der Waals surface area contributed by atoms with Gasteiger partial charge >= 0.3 is 0 Å². The molecule has 1 atom stereocenters. The van der Waals surface area contributed by atoms with Gasteiger partial charge in [-0.1, -0.05) is 18.2 Å². The molecule has 2 aliphatic heterocycles. The first-order chi connectivity index (χ1) is 9.95. The van der Waals surface area contributed by atoms with Crippen LogP contribution in [0.15, 0.2) is 24.3 Å². The number of nitrogens with zero attached hydrogens (tertiary/aromatic N) is 2. The van der Waals surface area contributed by atoms with Crippen LogP contribution in [-0.4, -0.2) is 50.7 Å². The number of rotatable bonds is 4. The molecule has 5 nitrogen and oxygen atoms in total. The van der Waals surface area contributed by atoms with Crippen LogP contribution in [0.5, 0.6) is 0 Å². The van der Waals surface area contributed by atoms with Crippen LogP contribution in [0, 0.1) is 0 Å². The van der Waals surface area contributed by atoms with Gasteiger partial charge in [-0.15, -0.1) is 0 Å². The Labute approximate surface area is 128 Å². The normalized spacial score (nSPS) is 22.0. The second-order valence-corrected chi connectivity index (χ2v) is 8.42. The van der Waals surface area contributed by atoms with Gasteiger partial charge in [0.15, 0.2) is 0 Å². The van der Waals surface area contributed by atoms with E-state index in [0.29, 0.717) is 6.54 Å². The Hall–Kier alpha value is -1.27. The lowest BCUT2D eigenvalue weighted by molar-refractivity contribution is -0.127. The molecule has 114 valence electrons. The Kier molecular flexibility index (Phi) is 3.84. The van der Waals surface area contributed by atoms with E-state index in [0.717, 1.165) is 19.5 Å². The van der Waals surface area contributed by atoms with Gasteiger partial charge in [-0.3, -0.25) is 4.79 Å². The molecule has 1 saturated heterocycles. The lowest BCUT2D eigenvalue weighted by atomic mass is 10.2. The summed E-state index contributed by atoms with van der Waals surface area (Å²) in [4.78, 5) is 15.7. The molecule has 0 aromatic heterocycles. The van der Waals surface area contributed by atoms with Crippen molar-refractivity contribution in [3.63, 3.8) is 0 Å². The number of carbonyl (C=O) groups is 1. The largest absolute Gasteiger partial charge is 0.369 e. The minimum atomic E-state index is -3.66. The zero-order valence-electron chi connectivity index (χ0n) is 11.5. The van der Waals surface area contributed by atoms with Crippen molar-refractivity contribution in [1.82, 2.24) is 4.90 Å². The molecule has 0 N–H and O–H groups in total. The van der Waals surface area contributed by atoms with Crippen molar-refractivity contribution in [3.8, 4) is 0 Å². The SMILES string of the molecule is O=C1CC(S(=O)(=O)Cl)CN1CCN1CCc2ccccc21. The second kappa shape index (κ2) is 5.50. The van der Waals surface area contributed by atoms with Gasteiger partial charge in [0.05, 0.1) is 0 Å². The standard InChI is InChI=1S/C14H17ClN2O3S/c15-21(19,20)12-9-14(18)17(10-12)8-7-16-6-5-11-3-1-2-4-13(11)16/h1-4,12H,5-10H2. The number of anilines is 1. The highest BCUT2D eigenvalue weighted by molar-refractivity contribution is 8.14. The van der Waals surface area contributed by atoms with Crippen molar-refractivity contribution in [2.24, 2.45) is 0 Å². The number of para-hydroxylation sites is 1. The van der Waals surface area contributed by atoms with Crippen LogP contribution in [0.4, 0.5) is 5.69 Å². The molecule has 0 radical (unpaired) electrons. The molecule has 3 rings (SSSR count). The number of carbonyl (C=O) groups excluding carboxylic acids is 1. The first kappa shape index (κ1) is 14.7. The van der Waals surface area contributed by atoms with Crippen molar-refractivity contribution >= 4 is 31.3 Å². The maximum absolute atomic E-state index is 11.9. The fourth-order valence-corrected chi connectivity index (χ4v) is 4.08. The van der Waals surface area contributed by atoms with Crippen LogP contribution in [0.1, 0.15) is 12.0 Å². The van der Waals surface area contributed by atoms with E-state index in [1.165, 1.54) is 11.3 Å². The van der Waals surface area contributed by atoms with Crippen LogP contribution >= 0.6 is 10.7 Å². The molecule has 2 aliphatic rings. The summed E-state index contributed by atoms with van der Waals surface area (Å²) in [6.07, 6.45) is 1.02. The van der Waals surface area contributed by atoms with E-state index < -0.39 is 14.3 Å². The number of fused-ring (bicyclic) bond motifs is 1. The molecule has 21 heavy (non-hydrogen) atoms. The molecule has 0 saturated carbocycles. The van der Waals surface area contributed by atoms with Crippen molar-refractivity contribution in [2.75, 3.05) is 31.1 Å². The van der Waals surface area contributed by atoms with Gasteiger partial charge < -0.3 is 9.80 Å². The highest BCUT2D eigenvalue weighted by Crippen LogP contribution is 2.27. The van der Waals surface area contributed by atoms with Crippen LogP contribution < -0.4 is 4.90 Å². The first-order valence-corrected chi connectivity index (χ1v) is 9.36. The van der Waals surface area contributed by atoms with Crippen molar-refractivity contribution in [3.05, 3.63) is 29.8 Å². The maximum Gasteiger partial charge on any atom is 0.237 e. The van der Waals surface area contributed by atoms with Crippen LogP contribution in [0.25, 0.3) is 0 Å². The molecule has 2 heterocycles. The summed E-state index contributed by atoms with van der Waals surface area (Å²) in [6.45, 7) is 2.41. The summed E-state index contributed by atoms with van der Waals surface area (Å²) < 4.78 is 22.6. The zero-order valence-corrected chi connectivity index (χ0v) is 13.1. The van der Waals surface area contributed by atoms with Gasteiger partial charge in [-0.05, 0) is 18.1 Å². The number of hydrogen-bond donors (Lipinski definition) is 0. The minimum Gasteiger partial charge on any atom is -0.369 e. The molecule has 1 aromatic carbocycles. The van der Waals surface area contributed by atoms with E-state index >= 15 is 0 Å². The van der Waals surface area contributed by atoms with Crippen molar-refractivity contribution < 1.29 is 13.2 Å². The number of amides is 1. The quantitative estimate of drug-likeness (QED) is 0.780. The van der Waals surface area contributed by atoms with E-state index in [9.17, 15) is 13.2 Å². The summed E-state index contributed by atoms with van der Waals surface area (Å²) in [5.41, 5.74) is 2.54. The molecule has 1 fully saturated rings. The molecule has 7 heteroatoms. The number of halogens is 1. The maximum atomic E-state index is 11.9. The van der Waals surface area contributed by atoms with Crippen molar-refractivity contribution in [1.29, 1.82) is 0 Å². The molecule has 0 aliphatic carbocycles. The zero-order chi connectivity index (χ0) is 15.0. The second-order valence-electron chi connectivity index (χ2n) is 5.51. The molecule has 0 bridgehead atoms. The molecule has 1 aromatic rings. The molecule has 1 amide bonds. The number of hydrogen-bond acceptors (Lipinski definition) is 4. The monoisotopic (exact) mass is 328 g/mol. The third kappa shape index (κ3) is 3.01. The average molecular weight is 329 g/mol. The van der Waals surface area contributed by atoms with E-state index in [1.54, 1.807) is 4.90 Å². The summed E-state index contributed by atoms with van der Waals surface area (Å²) in [5, 5.41) is -0.766. The minimum absolute atomic E-state index is 0.00240. The summed E-state index contributed by atoms with van der Waals surface area (Å²) in [7, 11) is 1.69. The Bertz CT molecular complexity index is 662. The van der Waals surface area contributed by atoms with Gasteiger partial charge in [0.25, 0.3) is 0 Å². The lowest BCUT2D eigenvalue weighted by Crippen LogP contribution is -2.36. The van der Waals surface area contributed by atoms with Gasteiger partial charge in [0, 0.05) is 49.0 Å². The van der Waals surface area contributed by atoms with E-state index in [-0.39, 0.29) is 18.9 Å². The predicted octanol–water partition coefficient (Wildman–Crippen LogP) is 1.22. The van der Waals surface area contributed by atoms with Crippen LogP contribution in [0.2, 0.25) is 0 Å². The van der Waals surface area contributed by atoms with Crippen LogP contribution in [-0.2, 0) is 20.3 Å². The number of likely N-dealkylation sites (tertiary alicyclic amines) is 1. The Morgan fingerprint density at radius 3 is 2.62 bits per heavy atom. The summed E-state index contributed by atoms with van der Waals surface area (Å²) in [5.74, 6) is -0.128. The van der Waals surface area contributed by atoms with Gasteiger partial charge in [0.2, 0.25) is 15.0 Å². The molecule has 0 spiro atoms. The smallest absolute Gasteiger partial charge is 0.237 e. The molecular formula is C14H17ClN2O3S.